The van der Waals surface area contributed by atoms with Gasteiger partial charge in [0.25, 0.3) is 0 Å². The smallest absolute Gasteiger partial charge is 0.243 e. The van der Waals surface area contributed by atoms with Gasteiger partial charge in [0.1, 0.15) is 5.75 Å². The molecule has 0 unspecified atom stereocenters. The highest BCUT2D eigenvalue weighted by Gasteiger charge is 2.08. The predicted octanol–water partition coefficient (Wildman–Crippen LogP) is 3.83. The summed E-state index contributed by atoms with van der Waals surface area (Å²) in [7, 11) is 0. The second-order valence-corrected chi connectivity index (χ2v) is 5.43. The van der Waals surface area contributed by atoms with Crippen LogP contribution in [0.2, 0.25) is 0 Å². The number of amides is 1. The standard InChI is InChI=1S/C18H22N2O2/c1-13(2)22-17-7-5-4-6-16(17)20-18(21)12-19-15-10-8-14(3)9-11-15/h4-11,13,19H,12H2,1-3H3,(H,20,21). The zero-order chi connectivity index (χ0) is 15.9. The van der Waals surface area contributed by atoms with Gasteiger partial charge in [-0.15, -0.1) is 0 Å². The number of aryl methyl sites for hydroxylation is 1. The first-order valence-electron chi connectivity index (χ1n) is 7.40. The highest BCUT2D eigenvalue weighted by Crippen LogP contribution is 2.24. The van der Waals surface area contributed by atoms with Crippen LogP contribution in [0.1, 0.15) is 19.4 Å². The van der Waals surface area contributed by atoms with Crippen LogP contribution >= 0.6 is 0 Å². The van der Waals surface area contributed by atoms with Crippen molar-refractivity contribution in [3.63, 3.8) is 0 Å². The molecule has 2 rings (SSSR count). The van der Waals surface area contributed by atoms with Gasteiger partial charge >= 0.3 is 0 Å². The van der Waals surface area contributed by atoms with Crippen LogP contribution in [-0.2, 0) is 4.79 Å². The third kappa shape index (κ3) is 4.81. The average Bonchev–Trinajstić information content (AvgIpc) is 2.48. The van der Waals surface area contributed by atoms with Crippen LogP contribution in [0.5, 0.6) is 5.75 Å². The van der Waals surface area contributed by atoms with Gasteiger partial charge in [0.15, 0.2) is 0 Å². The average molecular weight is 298 g/mol. The summed E-state index contributed by atoms with van der Waals surface area (Å²) in [5.74, 6) is 0.571. The van der Waals surface area contributed by atoms with E-state index in [2.05, 4.69) is 10.6 Å². The van der Waals surface area contributed by atoms with Crippen LogP contribution in [0.4, 0.5) is 11.4 Å². The van der Waals surface area contributed by atoms with Crippen molar-refractivity contribution < 1.29 is 9.53 Å². The van der Waals surface area contributed by atoms with Gasteiger partial charge in [-0.1, -0.05) is 29.8 Å². The van der Waals surface area contributed by atoms with Crippen molar-refractivity contribution in [1.29, 1.82) is 0 Å². The molecule has 1 amide bonds. The molecule has 4 heteroatoms. The molecule has 0 bridgehead atoms. The normalized spacial score (nSPS) is 10.4. The van der Waals surface area contributed by atoms with Crippen molar-refractivity contribution >= 4 is 17.3 Å². The Balaban J connectivity index is 1.93. The molecule has 0 saturated heterocycles. The van der Waals surface area contributed by atoms with E-state index in [1.807, 2.05) is 69.3 Å². The number of rotatable bonds is 6. The summed E-state index contributed by atoms with van der Waals surface area (Å²) in [6.07, 6.45) is 0.0590. The number of para-hydroxylation sites is 2. The van der Waals surface area contributed by atoms with E-state index in [0.717, 1.165) is 5.69 Å². The second kappa shape index (κ2) is 7.50. The Morgan fingerprint density at radius 3 is 2.45 bits per heavy atom. The van der Waals surface area contributed by atoms with E-state index in [4.69, 9.17) is 4.74 Å². The van der Waals surface area contributed by atoms with Crippen molar-refractivity contribution in [2.24, 2.45) is 0 Å². The Labute approximate surface area is 131 Å². The molecule has 0 radical (unpaired) electrons. The van der Waals surface area contributed by atoms with Crippen molar-refractivity contribution in [3.05, 3.63) is 54.1 Å². The number of carbonyl (C=O) groups excluding carboxylic acids is 1. The van der Waals surface area contributed by atoms with Crippen molar-refractivity contribution in [2.45, 2.75) is 26.9 Å². The first kappa shape index (κ1) is 15.9. The molecule has 0 heterocycles. The Kier molecular flexibility index (Phi) is 5.42. The van der Waals surface area contributed by atoms with E-state index in [1.165, 1.54) is 5.56 Å². The van der Waals surface area contributed by atoms with E-state index in [0.29, 0.717) is 11.4 Å². The molecule has 2 aromatic rings. The number of nitrogens with one attached hydrogen (secondary N) is 2. The van der Waals surface area contributed by atoms with E-state index in [9.17, 15) is 4.79 Å². The first-order valence-corrected chi connectivity index (χ1v) is 7.40. The fraction of sp³-hybridized carbons (Fsp3) is 0.278. The number of carbonyl (C=O) groups is 1. The topological polar surface area (TPSA) is 50.4 Å². The molecule has 0 aromatic heterocycles. The Morgan fingerprint density at radius 1 is 1.09 bits per heavy atom. The molecule has 0 spiro atoms. The minimum Gasteiger partial charge on any atom is -0.489 e. The van der Waals surface area contributed by atoms with Crippen molar-refractivity contribution in [3.8, 4) is 5.75 Å². The summed E-state index contributed by atoms with van der Waals surface area (Å²) in [5.41, 5.74) is 2.80. The number of benzene rings is 2. The minimum atomic E-state index is -0.111. The lowest BCUT2D eigenvalue weighted by Gasteiger charge is -2.15. The van der Waals surface area contributed by atoms with Gasteiger partial charge in [0.2, 0.25) is 5.91 Å². The van der Waals surface area contributed by atoms with Crippen molar-refractivity contribution in [2.75, 3.05) is 17.2 Å². The molecule has 0 fully saturated rings. The molecule has 22 heavy (non-hydrogen) atoms. The van der Waals surface area contributed by atoms with Gasteiger partial charge in [-0.05, 0) is 45.0 Å². The van der Waals surface area contributed by atoms with Gasteiger partial charge in [-0.25, -0.2) is 0 Å². The van der Waals surface area contributed by atoms with Crippen LogP contribution in [0.15, 0.2) is 48.5 Å². The second-order valence-electron chi connectivity index (χ2n) is 5.43. The third-order valence-corrected chi connectivity index (χ3v) is 3.03. The van der Waals surface area contributed by atoms with Crippen molar-refractivity contribution in [1.82, 2.24) is 0 Å². The largest absolute Gasteiger partial charge is 0.489 e. The molecule has 2 N–H and O–H groups in total. The summed E-state index contributed by atoms with van der Waals surface area (Å²) in [5, 5.41) is 5.97. The molecule has 4 nitrogen and oxygen atoms in total. The van der Waals surface area contributed by atoms with E-state index < -0.39 is 0 Å². The van der Waals surface area contributed by atoms with Crippen LogP contribution in [-0.4, -0.2) is 18.6 Å². The molecule has 0 aliphatic heterocycles. The maximum atomic E-state index is 12.1. The SMILES string of the molecule is Cc1ccc(NCC(=O)Nc2ccccc2OC(C)C)cc1. The molecular formula is C18H22N2O2. The minimum absolute atomic E-state index is 0.0590. The number of hydrogen-bond acceptors (Lipinski definition) is 3. The Hall–Kier alpha value is -2.49. The molecule has 0 atom stereocenters. The van der Waals surface area contributed by atoms with Crippen LogP contribution in [0.25, 0.3) is 0 Å². The number of ether oxygens (including phenoxy) is 1. The third-order valence-electron chi connectivity index (χ3n) is 3.03. The zero-order valence-corrected chi connectivity index (χ0v) is 13.2. The van der Waals surface area contributed by atoms with Crippen LogP contribution in [0.3, 0.4) is 0 Å². The number of hydrogen-bond donors (Lipinski definition) is 2. The summed E-state index contributed by atoms with van der Waals surface area (Å²) >= 11 is 0. The fourth-order valence-corrected chi connectivity index (χ4v) is 1.97. The van der Waals surface area contributed by atoms with Gasteiger partial charge in [-0.3, -0.25) is 4.79 Å². The van der Waals surface area contributed by atoms with E-state index in [1.54, 1.807) is 0 Å². The molecule has 2 aromatic carbocycles. The summed E-state index contributed by atoms with van der Waals surface area (Å²) < 4.78 is 5.69. The maximum Gasteiger partial charge on any atom is 0.243 e. The van der Waals surface area contributed by atoms with Crippen LogP contribution < -0.4 is 15.4 Å². The Morgan fingerprint density at radius 2 is 1.77 bits per heavy atom. The first-order chi connectivity index (χ1) is 10.5. The Bertz CT molecular complexity index is 621. The molecule has 116 valence electrons. The van der Waals surface area contributed by atoms with Gasteiger partial charge in [-0.2, -0.15) is 0 Å². The molecule has 0 aliphatic rings. The van der Waals surface area contributed by atoms with E-state index >= 15 is 0 Å². The monoisotopic (exact) mass is 298 g/mol. The summed E-state index contributed by atoms with van der Waals surface area (Å²) in [6, 6.07) is 15.4. The predicted molar refractivity (Wildman–Crippen MR) is 90.5 cm³/mol. The fourth-order valence-electron chi connectivity index (χ4n) is 1.97. The summed E-state index contributed by atoms with van der Waals surface area (Å²) in [6.45, 7) is 6.15. The zero-order valence-electron chi connectivity index (χ0n) is 13.2. The van der Waals surface area contributed by atoms with Gasteiger partial charge in [0.05, 0.1) is 18.3 Å². The highest BCUT2D eigenvalue weighted by molar-refractivity contribution is 5.95. The number of anilines is 2. The van der Waals surface area contributed by atoms with E-state index in [-0.39, 0.29) is 18.6 Å². The highest BCUT2D eigenvalue weighted by atomic mass is 16.5. The lowest BCUT2D eigenvalue weighted by molar-refractivity contribution is -0.114. The quantitative estimate of drug-likeness (QED) is 0.852. The van der Waals surface area contributed by atoms with Gasteiger partial charge in [0, 0.05) is 5.69 Å². The molecular weight excluding hydrogens is 276 g/mol. The summed E-state index contributed by atoms with van der Waals surface area (Å²) in [4.78, 5) is 12.1. The molecule has 0 aliphatic carbocycles. The lowest BCUT2D eigenvalue weighted by Crippen LogP contribution is -2.22. The lowest BCUT2D eigenvalue weighted by atomic mass is 10.2. The maximum absolute atomic E-state index is 12.1. The molecule has 0 saturated carbocycles. The van der Waals surface area contributed by atoms with Crippen LogP contribution in [0, 0.1) is 6.92 Å². The van der Waals surface area contributed by atoms with Gasteiger partial charge < -0.3 is 15.4 Å².